The molecule has 0 aromatic rings. The Kier molecular flexibility index (Phi) is 4.90. The van der Waals surface area contributed by atoms with Crippen LogP contribution in [0.1, 0.15) is 51.9 Å². The van der Waals surface area contributed by atoms with E-state index in [-0.39, 0.29) is 36.9 Å². The zero-order valence-electron chi connectivity index (χ0n) is 16.7. The normalized spacial score (nSPS) is 39.9. The Morgan fingerprint density at radius 2 is 1.93 bits per heavy atom. The highest BCUT2D eigenvalue weighted by Crippen LogP contribution is 2.63. The Balaban J connectivity index is 1.67. The summed E-state index contributed by atoms with van der Waals surface area (Å²) in [5.74, 6) is -1.99. The van der Waals surface area contributed by atoms with Crippen molar-refractivity contribution >= 4 is 17.7 Å². The maximum Gasteiger partial charge on any atom is 0.246 e. The SMILES string of the molecule is CNC(=O)[C@H]1[C@H]2C(=O)N(CCO)C(C(=O)NC3CCCCC3)C23CC[C@]1(C)O3. The van der Waals surface area contributed by atoms with E-state index in [4.69, 9.17) is 4.74 Å². The summed E-state index contributed by atoms with van der Waals surface area (Å²) in [5, 5.41) is 15.3. The van der Waals surface area contributed by atoms with Crippen LogP contribution < -0.4 is 10.6 Å². The van der Waals surface area contributed by atoms with Crippen molar-refractivity contribution in [3.8, 4) is 0 Å². The quantitative estimate of drug-likeness (QED) is 0.606. The highest BCUT2D eigenvalue weighted by Gasteiger charge is 2.77. The van der Waals surface area contributed by atoms with Gasteiger partial charge in [0.2, 0.25) is 17.7 Å². The minimum absolute atomic E-state index is 0.0698. The molecular weight excluding hydrogens is 362 g/mol. The second-order valence-corrected chi connectivity index (χ2v) is 8.94. The van der Waals surface area contributed by atoms with Crippen LogP contribution in [0.3, 0.4) is 0 Å². The van der Waals surface area contributed by atoms with E-state index in [9.17, 15) is 19.5 Å². The molecule has 2 unspecified atom stereocenters. The summed E-state index contributed by atoms with van der Waals surface area (Å²) in [6.07, 6.45) is 6.47. The first-order valence-electron chi connectivity index (χ1n) is 10.5. The Hall–Kier alpha value is -1.67. The molecule has 156 valence electrons. The van der Waals surface area contributed by atoms with Gasteiger partial charge in [0.1, 0.15) is 11.6 Å². The molecule has 0 aromatic heterocycles. The first-order valence-corrected chi connectivity index (χ1v) is 10.5. The van der Waals surface area contributed by atoms with Crippen molar-refractivity contribution in [2.24, 2.45) is 11.8 Å². The highest BCUT2D eigenvalue weighted by atomic mass is 16.5. The molecule has 3 aliphatic heterocycles. The highest BCUT2D eigenvalue weighted by molar-refractivity contribution is 5.99. The fourth-order valence-corrected chi connectivity index (χ4v) is 6.16. The van der Waals surface area contributed by atoms with Crippen molar-refractivity contribution in [3.05, 3.63) is 0 Å². The molecule has 3 saturated heterocycles. The van der Waals surface area contributed by atoms with Gasteiger partial charge in [0.05, 0.1) is 24.0 Å². The van der Waals surface area contributed by atoms with Gasteiger partial charge in [0.25, 0.3) is 0 Å². The summed E-state index contributed by atoms with van der Waals surface area (Å²) in [5.41, 5.74) is -1.73. The topological polar surface area (TPSA) is 108 Å². The average molecular weight is 393 g/mol. The van der Waals surface area contributed by atoms with Crippen molar-refractivity contribution < 1.29 is 24.2 Å². The fraction of sp³-hybridized carbons (Fsp3) is 0.850. The van der Waals surface area contributed by atoms with E-state index in [1.165, 1.54) is 11.3 Å². The third-order valence-corrected chi connectivity index (χ3v) is 7.35. The molecule has 4 rings (SSSR count). The maximum atomic E-state index is 13.4. The van der Waals surface area contributed by atoms with Crippen LogP contribution in [0.4, 0.5) is 0 Å². The van der Waals surface area contributed by atoms with Gasteiger partial charge >= 0.3 is 0 Å². The molecule has 4 aliphatic rings. The first-order chi connectivity index (χ1) is 13.4. The summed E-state index contributed by atoms with van der Waals surface area (Å²) < 4.78 is 6.41. The van der Waals surface area contributed by atoms with Gasteiger partial charge in [-0.3, -0.25) is 14.4 Å². The minimum Gasteiger partial charge on any atom is -0.395 e. The van der Waals surface area contributed by atoms with Gasteiger partial charge in [-0.2, -0.15) is 0 Å². The molecule has 2 bridgehead atoms. The number of likely N-dealkylation sites (tertiary alicyclic amines) is 1. The Labute approximate surface area is 165 Å². The number of hydrogen-bond donors (Lipinski definition) is 3. The van der Waals surface area contributed by atoms with Crippen LogP contribution in [0.5, 0.6) is 0 Å². The molecular formula is C20H31N3O5. The summed E-state index contributed by atoms with van der Waals surface area (Å²) >= 11 is 0. The number of fused-ring (bicyclic) bond motifs is 1. The van der Waals surface area contributed by atoms with E-state index in [2.05, 4.69) is 10.6 Å². The Bertz CT molecular complexity index is 679. The number of ether oxygens (including phenoxy) is 1. The molecule has 4 fully saturated rings. The number of nitrogens with one attached hydrogen (secondary N) is 2. The van der Waals surface area contributed by atoms with Gasteiger partial charge < -0.3 is 25.4 Å². The lowest BCUT2D eigenvalue weighted by Crippen LogP contribution is -2.57. The van der Waals surface area contributed by atoms with Crippen LogP contribution in [0, 0.1) is 11.8 Å². The zero-order chi connectivity index (χ0) is 20.1. The lowest BCUT2D eigenvalue weighted by Gasteiger charge is -2.35. The monoisotopic (exact) mass is 393 g/mol. The van der Waals surface area contributed by atoms with Crippen LogP contribution in [0.2, 0.25) is 0 Å². The molecule has 5 atom stereocenters. The van der Waals surface area contributed by atoms with Crippen LogP contribution in [0.15, 0.2) is 0 Å². The third-order valence-electron chi connectivity index (χ3n) is 7.35. The first kappa shape index (κ1) is 19.6. The number of rotatable bonds is 5. The number of carbonyl (C=O) groups excluding carboxylic acids is 3. The molecule has 0 radical (unpaired) electrons. The van der Waals surface area contributed by atoms with Crippen molar-refractivity contribution in [2.45, 2.75) is 75.2 Å². The molecule has 8 nitrogen and oxygen atoms in total. The molecule has 3 amide bonds. The van der Waals surface area contributed by atoms with Gasteiger partial charge in [-0.15, -0.1) is 0 Å². The maximum absolute atomic E-state index is 13.4. The van der Waals surface area contributed by atoms with Gasteiger partial charge in [-0.05, 0) is 32.6 Å². The standard InChI is InChI=1S/C20H31N3O5/c1-19-8-9-20(28-19)14(13(19)16(25)21-2)18(27)23(10-11-24)15(20)17(26)22-12-6-4-3-5-7-12/h12-15,24H,3-11H2,1-2H3,(H,21,25)(H,22,26)/t13-,14+,15?,19+,20?/m1/s1. The van der Waals surface area contributed by atoms with Crippen molar-refractivity contribution in [1.29, 1.82) is 0 Å². The van der Waals surface area contributed by atoms with Gasteiger partial charge in [0.15, 0.2) is 0 Å². The van der Waals surface area contributed by atoms with E-state index in [0.29, 0.717) is 12.8 Å². The van der Waals surface area contributed by atoms with Gasteiger partial charge in [-0.1, -0.05) is 19.3 Å². The van der Waals surface area contributed by atoms with Gasteiger partial charge in [0, 0.05) is 19.6 Å². The lowest BCUT2D eigenvalue weighted by atomic mass is 9.66. The predicted molar refractivity (Wildman–Crippen MR) is 100 cm³/mol. The van der Waals surface area contributed by atoms with E-state index >= 15 is 0 Å². The number of amides is 3. The Morgan fingerprint density at radius 1 is 1.21 bits per heavy atom. The largest absolute Gasteiger partial charge is 0.395 e. The van der Waals surface area contributed by atoms with Crippen LogP contribution >= 0.6 is 0 Å². The minimum atomic E-state index is -0.989. The summed E-state index contributed by atoms with van der Waals surface area (Å²) in [6.45, 7) is 1.71. The molecule has 0 aromatic carbocycles. The molecule has 8 heteroatoms. The van der Waals surface area contributed by atoms with E-state index in [1.54, 1.807) is 7.05 Å². The van der Waals surface area contributed by atoms with Crippen molar-refractivity contribution in [3.63, 3.8) is 0 Å². The average Bonchev–Trinajstić information content (AvgIpc) is 3.24. The zero-order valence-corrected chi connectivity index (χ0v) is 16.7. The molecule has 1 aliphatic carbocycles. The van der Waals surface area contributed by atoms with Crippen LogP contribution in [0.25, 0.3) is 0 Å². The van der Waals surface area contributed by atoms with E-state index in [0.717, 1.165) is 25.7 Å². The fourth-order valence-electron chi connectivity index (χ4n) is 6.16. The van der Waals surface area contributed by atoms with Crippen molar-refractivity contribution in [2.75, 3.05) is 20.2 Å². The number of aliphatic hydroxyl groups is 1. The second-order valence-electron chi connectivity index (χ2n) is 8.94. The van der Waals surface area contributed by atoms with Crippen molar-refractivity contribution in [1.82, 2.24) is 15.5 Å². The van der Waals surface area contributed by atoms with Crippen LogP contribution in [-0.2, 0) is 19.1 Å². The molecule has 1 spiro atoms. The molecule has 28 heavy (non-hydrogen) atoms. The van der Waals surface area contributed by atoms with Gasteiger partial charge in [-0.25, -0.2) is 0 Å². The lowest BCUT2D eigenvalue weighted by molar-refractivity contribution is -0.146. The second kappa shape index (κ2) is 6.99. The molecule has 3 heterocycles. The number of β-amino-alcohol motifs (C(OH)–C–C–N with tert-alkyl or cyclic N) is 1. The summed E-state index contributed by atoms with van der Waals surface area (Å²) in [4.78, 5) is 40.8. The number of aliphatic hydroxyl groups excluding tert-OH is 1. The number of carbonyl (C=O) groups is 3. The molecule has 3 N–H and O–H groups in total. The number of nitrogens with zero attached hydrogens (tertiary/aromatic N) is 1. The molecule has 1 saturated carbocycles. The summed E-state index contributed by atoms with van der Waals surface area (Å²) in [6, 6.07) is -0.678. The van der Waals surface area contributed by atoms with Crippen LogP contribution in [-0.4, -0.2) is 71.2 Å². The third kappa shape index (κ3) is 2.68. The van der Waals surface area contributed by atoms with E-state index in [1.807, 2.05) is 6.92 Å². The smallest absolute Gasteiger partial charge is 0.246 e. The Morgan fingerprint density at radius 3 is 2.57 bits per heavy atom. The summed E-state index contributed by atoms with van der Waals surface area (Å²) in [7, 11) is 1.56. The van der Waals surface area contributed by atoms with E-state index < -0.39 is 29.1 Å². The predicted octanol–water partition coefficient (Wildman–Crippen LogP) is -0.0617. The number of hydrogen-bond acceptors (Lipinski definition) is 5.